The summed E-state index contributed by atoms with van der Waals surface area (Å²) in [6.45, 7) is 15.9. The molecule has 0 unspecified atom stereocenters. The minimum Gasteiger partial charge on any atom is -0.375 e. The lowest BCUT2D eigenvalue weighted by Crippen LogP contribution is -2.58. The zero-order chi connectivity index (χ0) is 10.3. The Bertz CT molecular complexity index is 239. The van der Waals surface area contributed by atoms with Gasteiger partial charge in [-0.05, 0) is 27.2 Å². The van der Waals surface area contributed by atoms with Gasteiger partial charge in [0.15, 0.2) is 0 Å². The Morgan fingerprint density at radius 1 is 1.43 bits per heavy atom. The van der Waals surface area contributed by atoms with Gasteiger partial charge in [-0.1, -0.05) is 6.58 Å². The monoisotopic (exact) mass is 194 g/mol. The lowest BCUT2D eigenvalue weighted by atomic mass is 9.76. The maximum Gasteiger partial charge on any atom is 0.0367 e. The van der Waals surface area contributed by atoms with Crippen LogP contribution in [-0.2, 0) is 0 Å². The van der Waals surface area contributed by atoms with Gasteiger partial charge < -0.3 is 4.90 Å². The molecule has 2 rings (SSSR count). The van der Waals surface area contributed by atoms with Gasteiger partial charge in [0.1, 0.15) is 0 Å². The zero-order valence-electron chi connectivity index (χ0n) is 9.71. The zero-order valence-corrected chi connectivity index (χ0v) is 9.71. The van der Waals surface area contributed by atoms with E-state index in [-0.39, 0.29) is 0 Å². The number of nitrogens with zero attached hydrogens (tertiary/aromatic N) is 2. The van der Waals surface area contributed by atoms with Crippen molar-refractivity contribution >= 4 is 0 Å². The second-order valence-corrected chi connectivity index (χ2v) is 5.06. The average molecular weight is 194 g/mol. The Hall–Kier alpha value is -0.500. The van der Waals surface area contributed by atoms with Crippen molar-refractivity contribution in [2.45, 2.75) is 33.2 Å². The molecule has 2 heterocycles. The fourth-order valence-corrected chi connectivity index (χ4v) is 2.75. The maximum atomic E-state index is 4.27. The van der Waals surface area contributed by atoms with Crippen molar-refractivity contribution in [3.8, 4) is 0 Å². The van der Waals surface area contributed by atoms with E-state index in [2.05, 4.69) is 37.1 Å². The van der Waals surface area contributed by atoms with Crippen molar-refractivity contribution in [1.29, 1.82) is 0 Å². The molecule has 2 aliphatic heterocycles. The quantitative estimate of drug-likeness (QED) is 0.663. The number of hydrogen-bond acceptors (Lipinski definition) is 2. The molecule has 14 heavy (non-hydrogen) atoms. The second-order valence-electron chi connectivity index (χ2n) is 5.06. The van der Waals surface area contributed by atoms with Crippen LogP contribution in [0.2, 0.25) is 0 Å². The van der Waals surface area contributed by atoms with Crippen molar-refractivity contribution in [1.82, 2.24) is 9.80 Å². The molecule has 0 N–H and O–H groups in total. The molecule has 2 nitrogen and oxygen atoms in total. The summed E-state index contributed by atoms with van der Waals surface area (Å²) in [5.41, 5.74) is 1.86. The molecule has 2 heteroatoms. The SMILES string of the molecule is C=C1N(CC)CCC12CN(C(C)C)C2. The fraction of sp³-hybridized carbons (Fsp3) is 0.833. The van der Waals surface area contributed by atoms with Crippen LogP contribution in [0.5, 0.6) is 0 Å². The number of hydrogen-bond donors (Lipinski definition) is 0. The average Bonchev–Trinajstić information content (AvgIpc) is 2.39. The highest BCUT2D eigenvalue weighted by molar-refractivity contribution is 5.21. The molecule has 0 aromatic heterocycles. The van der Waals surface area contributed by atoms with Crippen LogP contribution in [0.4, 0.5) is 0 Å². The summed E-state index contributed by atoms with van der Waals surface area (Å²) in [6.07, 6.45) is 1.32. The standard InChI is InChI=1S/C12H22N2/c1-5-13-7-6-12(11(13)4)8-14(9-12)10(2)3/h10H,4-9H2,1-3H3. The molecular weight excluding hydrogens is 172 g/mol. The first-order valence-electron chi connectivity index (χ1n) is 5.77. The lowest BCUT2D eigenvalue weighted by Gasteiger charge is -2.51. The van der Waals surface area contributed by atoms with Gasteiger partial charge in [-0.3, -0.25) is 4.90 Å². The van der Waals surface area contributed by atoms with Gasteiger partial charge in [0.25, 0.3) is 0 Å². The first-order valence-corrected chi connectivity index (χ1v) is 5.77. The Labute approximate surface area is 87.6 Å². The minimum absolute atomic E-state index is 0.459. The summed E-state index contributed by atoms with van der Waals surface area (Å²) in [6, 6.07) is 0.698. The van der Waals surface area contributed by atoms with Crippen LogP contribution in [0.3, 0.4) is 0 Å². The Morgan fingerprint density at radius 3 is 2.50 bits per heavy atom. The molecule has 2 fully saturated rings. The predicted molar refractivity (Wildman–Crippen MR) is 60.1 cm³/mol. The van der Waals surface area contributed by atoms with Crippen LogP contribution in [0.1, 0.15) is 27.2 Å². The van der Waals surface area contributed by atoms with E-state index in [1.807, 2.05) is 0 Å². The molecule has 80 valence electrons. The lowest BCUT2D eigenvalue weighted by molar-refractivity contribution is 0.00813. The smallest absolute Gasteiger partial charge is 0.0367 e. The molecule has 0 saturated carbocycles. The van der Waals surface area contributed by atoms with Crippen molar-refractivity contribution in [2.24, 2.45) is 5.41 Å². The topological polar surface area (TPSA) is 6.48 Å². The first-order chi connectivity index (χ1) is 6.59. The summed E-state index contributed by atoms with van der Waals surface area (Å²) in [5.74, 6) is 0. The Balaban J connectivity index is 1.99. The van der Waals surface area contributed by atoms with Gasteiger partial charge in [-0.15, -0.1) is 0 Å². The maximum absolute atomic E-state index is 4.27. The van der Waals surface area contributed by atoms with Crippen LogP contribution in [0.15, 0.2) is 12.3 Å². The van der Waals surface area contributed by atoms with Gasteiger partial charge in [0.05, 0.1) is 0 Å². The molecule has 0 aliphatic carbocycles. The normalized spacial score (nSPS) is 26.3. The Morgan fingerprint density at radius 2 is 2.07 bits per heavy atom. The molecule has 2 saturated heterocycles. The van der Waals surface area contributed by atoms with E-state index in [1.54, 1.807) is 0 Å². The molecule has 0 atom stereocenters. The van der Waals surface area contributed by atoms with Gasteiger partial charge in [0.2, 0.25) is 0 Å². The number of rotatable bonds is 2. The van der Waals surface area contributed by atoms with Gasteiger partial charge >= 0.3 is 0 Å². The van der Waals surface area contributed by atoms with E-state index in [1.165, 1.54) is 31.8 Å². The van der Waals surface area contributed by atoms with Crippen molar-refractivity contribution in [2.75, 3.05) is 26.2 Å². The van der Waals surface area contributed by atoms with Crippen LogP contribution >= 0.6 is 0 Å². The third-order valence-electron chi connectivity index (χ3n) is 3.98. The van der Waals surface area contributed by atoms with E-state index in [4.69, 9.17) is 0 Å². The highest BCUT2D eigenvalue weighted by Gasteiger charge is 2.50. The minimum atomic E-state index is 0.459. The molecule has 2 aliphatic rings. The van der Waals surface area contributed by atoms with Crippen molar-refractivity contribution < 1.29 is 0 Å². The van der Waals surface area contributed by atoms with E-state index < -0.39 is 0 Å². The van der Waals surface area contributed by atoms with Crippen LogP contribution in [-0.4, -0.2) is 42.0 Å². The van der Waals surface area contributed by atoms with Crippen LogP contribution in [0, 0.1) is 5.41 Å². The van der Waals surface area contributed by atoms with Gasteiger partial charge in [0, 0.05) is 43.3 Å². The van der Waals surface area contributed by atoms with Crippen molar-refractivity contribution in [3.63, 3.8) is 0 Å². The summed E-state index contributed by atoms with van der Waals surface area (Å²) in [5, 5.41) is 0. The molecule has 0 radical (unpaired) electrons. The van der Waals surface area contributed by atoms with E-state index in [0.717, 1.165) is 6.54 Å². The third kappa shape index (κ3) is 1.28. The molecule has 0 aromatic carbocycles. The summed E-state index contributed by atoms with van der Waals surface area (Å²) in [4.78, 5) is 4.99. The first kappa shape index (κ1) is 10.0. The molecule has 1 spiro atoms. The molecule has 0 amide bonds. The molecule has 0 aromatic rings. The summed E-state index contributed by atoms with van der Waals surface area (Å²) in [7, 11) is 0. The number of likely N-dealkylation sites (tertiary alicyclic amines) is 2. The molecular formula is C12H22N2. The third-order valence-corrected chi connectivity index (χ3v) is 3.98. The summed E-state index contributed by atoms with van der Waals surface area (Å²) >= 11 is 0. The largest absolute Gasteiger partial charge is 0.375 e. The van der Waals surface area contributed by atoms with Gasteiger partial charge in [-0.2, -0.15) is 0 Å². The fourth-order valence-electron chi connectivity index (χ4n) is 2.75. The van der Waals surface area contributed by atoms with Crippen molar-refractivity contribution in [3.05, 3.63) is 12.3 Å². The van der Waals surface area contributed by atoms with E-state index in [9.17, 15) is 0 Å². The van der Waals surface area contributed by atoms with Crippen LogP contribution in [0.25, 0.3) is 0 Å². The van der Waals surface area contributed by atoms with E-state index in [0.29, 0.717) is 11.5 Å². The van der Waals surface area contributed by atoms with E-state index >= 15 is 0 Å². The summed E-state index contributed by atoms with van der Waals surface area (Å²) < 4.78 is 0. The molecule has 0 bridgehead atoms. The Kier molecular flexibility index (Phi) is 2.34. The second kappa shape index (κ2) is 3.27. The predicted octanol–water partition coefficient (Wildman–Crippen LogP) is 1.94. The van der Waals surface area contributed by atoms with Gasteiger partial charge in [-0.25, -0.2) is 0 Å². The highest BCUT2D eigenvalue weighted by Crippen LogP contribution is 2.46. The van der Waals surface area contributed by atoms with Crippen LogP contribution < -0.4 is 0 Å². The highest BCUT2D eigenvalue weighted by atomic mass is 15.3.